The monoisotopic (exact) mass is 366 g/mol. The molecule has 0 aliphatic carbocycles. The number of nitrogens with zero attached hydrogens (tertiary/aromatic N) is 2. The largest absolute Gasteiger partial charge is 0.489 e. The molecule has 6 heteroatoms. The van der Waals surface area contributed by atoms with Crippen molar-refractivity contribution < 1.29 is 9.13 Å². The van der Waals surface area contributed by atoms with Gasteiger partial charge in [-0.05, 0) is 39.0 Å². The number of anilines is 3. The number of hydrogen-bond acceptors (Lipinski definition) is 5. The second-order valence-electron chi connectivity index (χ2n) is 6.42. The van der Waals surface area contributed by atoms with E-state index >= 15 is 0 Å². The Labute approximate surface area is 158 Å². The van der Waals surface area contributed by atoms with Gasteiger partial charge in [-0.1, -0.05) is 30.3 Å². The normalized spacial score (nSPS) is 10.7. The van der Waals surface area contributed by atoms with Crippen LogP contribution in [0.4, 0.5) is 21.7 Å². The highest BCUT2D eigenvalue weighted by Crippen LogP contribution is 2.28. The predicted molar refractivity (Wildman–Crippen MR) is 106 cm³/mol. The van der Waals surface area contributed by atoms with Crippen LogP contribution in [0.15, 0.2) is 54.6 Å². The molecule has 0 aliphatic rings. The molecule has 2 N–H and O–H groups in total. The number of hydrogen-bond donors (Lipinski definition) is 2. The highest BCUT2D eigenvalue weighted by molar-refractivity contribution is 5.65. The van der Waals surface area contributed by atoms with Crippen molar-refractivity contribution in [3.63, 3.8) is 0 Å². The Morgan fingerprint density at radius 2 is 1.70 bits per heavy atom. The fourth-order valence-corrected chi connectivity index (χ4v) is 2.61. The van der Waals surface area contributed by atoms with E-state index in [4.69, 9.17) is 4.74 Å². The Hall–Kier alpha value is -3.15. The van der Waals surface area contributed by atoms with Gasteiger partial charge in [0.25, 0.3) is 0 Å². The molecule has 0 bridgehead atoms. The molecular formula is C21H23FN4O. The van der Waals surface area contributed by atoms with E-state index < -0.39 is 0 Å². The quantitative estimate of drug-likeness (QED) is 0.611. The summed E-state index contributed by atoms with van der Waals surface area (Å²) in [6, 6.07) is 16.2. The average molecular weight is 366 g/mol. The van der Waals surface area contributed by atoms with E-state index in [1.54, 1.807) is 18.2 Å². The van der Waals surface area contributed by atoms with Gasteiger partial charge in [0.15, 0.2) is 0 Å². The SMILES string of the molecule is Cc1nc(NCc2ccccc2F)cc(Nc2ccccc2OC(C)C)n1. The molecule has 0 fully saturated rings. The molecule has 27 heavy (non-hydrogen) atoms. The molecule has 3 aromatic rings. The molecule has 1 heterocycles. The minimum absolute atomic E-state index is 0.0677. The minimum atomic E-state index is -0.242. The lowest BCUT2D eigenvalue weighted by atomic mass is 10.2. The third kappa shape index (κ3) is 5.17. The molecular weight excluding hydrogens is 343 g/mol. The summed E-state index contributed by atoms with van der Waals surface area (Å²) in [5.74, 6) is 2.38. The third-order valence-corrected chi connectivity index (χ3v) is 3.77. The molecule has 0 amide bonds. The van der Waals surface area contributed by atoms with Gasteiger partial charge in [-0.2, -0.15) is 0 Å². The molecule has 0 saturated carbocycles. The first-order chi connectivity index (χ1) is 13.0. The summed E-state index contributed by atoms with van der Waals surface area (Å²) in [5, 5.41) is 6.43. The maximum absolute atomic E-state index is 13.8. The van der Waals surface area contributed by atoms with Crippen molar-refractivity contribution in [1.29, 1.82) is 0 Å². The van der Waals surface area contributed by atoms with Gasteiger partial charge >= 0.3 is 0 Å². The highest BCUT2D eigenvalue weighted by Gasteiger charge is 2.08. The van der Waals surface area contributed by atoms with Crippen LogP contribution in [0.25, 0.3) is 0 Å². The smallest absolute Gasteiger partial charge is 0.143 e. The molecule has 3 rings (SSSR count). The third-order valence-electron chi connectivity index (χ3n) is 3.77. The first-order valence-corrected chi connectivity index (χ1v) is 8.87. The van der Waals surface area contributed by atoms with Crippen molar-refractivity contribution in [3.8, 4) is 5.75 Å². The Morgan fingerprint density at radius 1 is 1.00 bits per heavy atom. The number of aryl methyl sites for hydroxylation is 1. The Bertz CT molecular complexity index is 914. The van der Waals surface area contributed by atoms with Crippen LogP contribution in [0.5, 0.6) is 5.75 Å². The van der Waals surface area contributed by atoms with Crippen LogP contribution in [0, 0.1) is 12.7 Å². The van der Waals surface area contributed by atoms with Gasteiger partial charge in [0.1, 0.15) is 29.0 Å². The first-order valence-electron chi connectivity index (χ1n) is 8.87. The van der Waals surface area contributed by atoms with Gasteiger partial charge in [0.05, 0.1) is 11.8 Å². The molecule has 0 spiro atoms. The number of ether oxygens (including phenoxy) is 1. The summed E-state index contributed by atoms with van der Waals surface area (Å²) in [7, 11) is 0. The number of rotatable bonds is 7. The van der Waals surface area contributed by atoms with Crippen LogP contribution >= 0.6 is 0 Å². The van der Waals surface area contributed by atoms with Crippen LogP contribution in [0.3, 0.4) is 0 Å². The molecule has 0 unspecified atom stereocenters. The molecule has 2 aromatic carbocycles. The maximum Gasteiger partial charge on any atom is 0.143 e. The van der Waals surface area contributed by atoms with Crippen molar-refractivity contribution in [2.75, 3.05) is 10.6 Å². The van der Waals surface area contributed by atoms with Crippen molar-refractivity contribution in [2.24, 2.45) is 0 Å². The molecule has 0 atom stereocenters. The van der Waals surface area contributed by atoms with E-state index in [0.717, 1.165) is 11.4 Å². The molecule has 0 aliphatic heterocycles. The molecule has 140 valence electrons. The first kappa shape index (κ1) is 18.6. The van der Waals surface area contributed by atoms with Crippen molar-refractivity contribution in [3.05, 3.63) is 71.8 Å². The second-order valence-corrected chi connectivity index (χ2v) is 6.42. The summed E-state index contributed by atoms with van der Waals surface area (Å²) in [4.78, 5) is 8.81. The van der Waals surface area contributed by atoms with E-state index in [1.807, 2.05) is 51.1 Å². The van der Waals surface area contributed by atoms with Crippen LogP contribution < -0.4 is 15.4 Å². The number of para-hydroxylation sites is 2. The van der Waals surface area contributed by atoms with Crippen molar-refractivity contribution in [2.45, 2.75) is 33.4 Å². The molecule has 0 radical (unpaired) electrons. The predicted octanol–water partition coefficient (Wildman–Crippen LogP) is 5.07. The van der Waals surface area contributed by atoms with E-state index in [0.29, 0.717) is 29.6 Å². The van der Waals surface area contributed by atoms with Gasteiger partial charge in [0, 0.05) is 18.2 Å². The maximum atomic E-state index is 13.8. The number of benzene rings is 2. The van der Waals surface area contributed by atoms with E-state index in [1.165, 1.54) is 6.07 Å². The van der Waals surface area contributed by atoms with Crippen LogP contribution in [0.2, 0.25) is 0 Å². The summed E-state index contributed by atoms with van der Waals surface area (Å²) >= 11 is 0. The lowest BCUT2D eigenvalue weighted by Gasteiger charge is -2.16. The van der Waals surface area contributed by atoms with E-state index in [2.05, 4.69) is 20.6 Å². The lowest BCUT2D eigenvalue weighted by molar-refractivity contribution is 0.244. The summed E-state index contributed by atoms with van der Waals surface area (Å²) in [6.07, 6.45) is 0.0677. The fraction of sp³-hybridized carbons (Fsp3) is 0.238. The topological polar surface area (TPSA) is 59.1 Å². The second kappa shape index (κ2) is 8.49. The van der Waals surface area contributed by atoms with E-state index in [9.17, 15) is 4.39 Å². The number of halogens is 1. The van der Waals surface area contributed by atoms with Crippen molar-refractivity contribution in [1.82, 2.24) is 9.97 Å². The van der Waals surface area contributed by atoms with Crippen LogP contribution in [-0.4, -0.2) is 16.1 Å². The lowest BCUT2D eigenvalue weighted by Crippen LogP contribution is -2.08. The zero-order chi connectivity index (χ0) is 19.2. The summed E-state index contributed by atoms with van der Waals surface area (Å²) < 4.78 is 19.6. The zero-order valence-corrected chi connectivity index (χ0v) is 15.7. The van der Waals surface area contributed by atoms with Gasteiger partial charge in [-0.25, -0.2) is 14.4 Å². The number of aromatic nitrogens is 2. The van der Waals surface area contributed by atoms with Crippen LogP contribution in [0.1, 0.15) is 25.2 Å². The Morgan fingerprint density at radius 3 is 2.48 bits per heavy atom. The van der Waals surface area contributed by atoms with E-state index in [-0.39, 0.29) is 11.9 Å². The number of nitrogens with one attached hydrogen (secondary N) is 2. The summed E-state index contributed by atoms with van der Waals surface area (Å²) in [6.45, 7) is 6.12. The van der Waals surface area contributed by atoms with Gasteiger partial charge in [0.2, 0.25) is 0 Å². The fourth-order valence-electron chi connectivity index (χ4n) is 2.61. The average Bonchev–Trinajstić information content (AvgIpc) is 2.62. The highest BCUT2D eigenvalue weighted by atomic mass is 19.1. The molecule has 0 saturated heterocycles. The standard InChI is InChI=1S/C21H23FN4O/c1-14(2)27-19-11-7-6-10-18(19)26-21-12-20(24-15(3)25-21)23-13-16-8-4-5-9-17(16)22/h4-12,14H,13H2,1-3H3,(H2,23,24,25,26). The summed E-state index contributed by atoms with van der Waals surface area (Å²) in [5.41, 5.74) is 1.41. The molecule has 5 nitrogen and oxygen atoms in total. The minimum Gasteiger partial charge on any atom is -0.489 e. The van der Waals surface area contributed by atoms with Crippen LogP contribution in [-0.2, 0) is 6.54 Å². The van der Waals surface area contributed by atoms with Crippen molar-refractivity contribution >= 4 is 17.3 Å². The van der Waals surface area contributed by atoms with Gasteiger partial charge < -0.3 is 15.4 Å². The zero-order valence-electron chi connectivity index (χ0n) is 15.7. The van der Waals surface area contributed by atoms with Gasteiger partial charge in [-0.3, -0.25) is 0 Å². The Balaban J connectivity index is 1.77. The van der Waals surface area contributed by atoms with Gasteiger partial charge in [-0.15, -0.1) is 0 Å². The molecule has 1 aromatic heterocycles. The Kier molecular flexibility index (Phi) is 5.86.